The van der Waals surface area contributed by atoms with Crippen molar-refractivity contribution in [3.05, 3.63) is 11.7 Å². The molecule has 1 N–H and O–H groups in total. The van der Waals surface area contributed by atoms with Crippen molar-refractivity contribution in [2.75, 3.05) is 19.6 Å². The van der Waals surface area contributed by atoms with Gasteiger partial charge in [0.2, 0.25) is 11.8 Å². The van der Waals surface area contributed by atoms with Gasteiger partial charge in [-0.05, 0) is 39.3 Å². The molecule has 1 saturated heterocycles. The second kappa shape index (κ2) is 6.65. The molecule has 0 atom stereocenters. The SMILES string of the molecule is CCCNC(=O)C1CCN(Cc2nc(C)no2)CC1. The van der Waals surface area contributed by atoms with E-state index >= 15 is 0 Å². The average Bonchev–Trinajstić information content (AvgIpc) is 2.82. The molecule has 0 saturated carbocycles. The number of carbonyl (C=O) groups excluding carboxylic acids is 1. The first kappa shape index (κ1) is 14.0. The largest absolute Gasteiger partial charge is 0.356 e. The normalized spacial score (nSPS) is 17.6. The molecule has 2 heterocycles. The van der Waals surface area contributed by atoms with Gasteiger partial charge in [0.15, 0.2) is 5.82 Å². The van der Waals surface area contributed by atoms with Gasteiger partial charge in [0.25, 0.3) is 0 Å². The van der Waals surface area contributed by atoms with Crippen LogP contribution in [0.2, 0.25) is 0 Å². The van der Waals surface area contributed by atoms with Crippen LogP contribution in [0.15, 0.2) is 4.52 Å². The number of nitrogens with zero attached hydrogens (tertiary/aromatic N) is 3. The summed E-state index contributed by atoms with van der Waals surface area (Å²) in [6, 6.07) is 0. The average molecular weight is 266 g/mol. The maximum absolute atomic E-state index is 11.9. The van der Waals surface area contributed by atoms with Crippen LogP contribution in [0.5, 0.6) is 0 Å². The van der Waals surface area contributed by atoms with Gasteiger partial charge in [-0.3, -0.25) is 9.69 Å². The molecule has 0 unspecified atom stereocenters. The van der Waals surface area contributed by atoms with Gasteiger partial charge in [-0.1, -0.05) is 12.1 Å². The maximum Gasteiger partial charge on any atom is 0.240 e. The molecule has 106 valence electrons. The molecule has 0 aliphatic carbocycles. The van der Waals surface area contributed by atoms with Crippen LogP contribution in [0.3, 0.4) is 0 Å². The smallest absolute Gasteiger partial charge is 0.240 e. The number of piperidine rings is 1. The Hall–Kier alpha value is -1.43. The minimum atomic E-state index is 0.159. The molecule has 6 nitrogen and oxygen atoms in total. The molecule has 1 aromatic heterocycles. The molecule has 0 aromatic carbocycles. The zero-order valence-corrected chi connectivity index (χ0v) is 11.7. The Balaban J connectivity index is 1.74. The number of hydrogen-bond acceptors (Lipinski definition) is 5. The Kier molecular flexibility index (Phi) is 4.90. The second-order valence-corrected chi connectivity index (χ2v) is 5.08. The molecule has 0 radical (unpaired) electrons. The Morgan fingerprint density at radius 1 is 1.47 bits per heavy atom. The van der Waals surface area contributed by atoms with Crippen molar-refractivity contribution in [3.8, 4) is 0 Å². The summed E-state index contributed by atoms with van der Waals surface area (Å²) in [6.45, 7) is 7.16. The van der Waals surface area contributed by atoms with Gasteiger partial charge < -0.3 is 9.84 Å². The number of aromatic nitrogens is 2. The van der Waals surface area contributed by atoms with E-state index in [2.05, 4.69) is 27.3 Å². The van der Waals surface area contributed by atoms with Gasteiger partial charge in [0.05, 0.1) is 6.54 Å². The van der Waals surface area contributed by atoms with Gasteiger partial charge in [-0.2, -0.15) is 4.98 Å². The Bertz CT molecular complexity index is 411. The lowest BCUT2D eigenvalue weighted by Gasteiger charge is -2.30. The van der Waals surface area contributed by atoms with Crippen molar-refractivity contribution in [2.24, 2.45) is 5.92 Å². The highest BCUT2D eigenvalue weighted by Crippen LogP contribution is 2.18. The topological polar surface area (TPSA) is 71.3 Å². The number of carbonyl (C=O) groups is 1. The quantitative estimate of drug-likeness (QED) is 0.864. The molecule has 19 heavy (non-hydrogen) atoms. The van der Waals surface area contributed by atoms with E-state index in [-0.39, 0.29) is 11.8 Å². The van der Waals surface area contributed by atoms with Crippen LogP contribution >= 0.6 is 0 Å². The Morgan fingerprint density at radius 3 is 2.79 bits per heavy atom. The lowest BCUT2D eigenvalue weighted by atomic mass is 9.96. The molecule has 1 fully saturated rings. The monoisotopic (exact) mass is 266 g/mol. The van der Waals surface area contributed by atoms with Gasteiger partial charge in [0, 0.05) is 12.5 Å². The Morgan fingerprint density at radius 2 is 2.21 bits per heavy atom. The van der Waals surface area contributed by atoms with Crippen molar-refractivity contribution in [3.63, 3.8) is 0 Å². The third-order valence-electron chi connectivity index (χ3n) is 3.44. The van der Waals surface area contributed by atoms with Crippen LogP contribution in [0.1, 0.15) is 37.9 Å². The first-order valence-corrected chi connectivity index (χ1v) is 6.98. The first-order chi connectivity index (χ1) is 9.19. The van der Waals surface area contributed by atoms with E-state index in [0.29, 0.717) is 18.3 Å². The fourth-order valence-electron chi connectivity index (χ4n) is 2.34. The summed E-state index contributed by atoms with van der Waals surface area (Å²) in [4.78, 5) is 18.3. The van der Waals surface area contributed by atoms with Crippen LogP contribution < -0.4 is 5.32 Å². The lowest BCUT2D eigenvalue weighted by Crippen LogP contribution is -2.40. The van der Waals surface area contributed by atoms with Gasteiger partial charge in [-0.25, -0.2) is 0 Å². The second-order valence-electron chi connectivity index (χ2n) is 5.08. The number of hydrogen-bond donors (Lipinski definition) is 1. The van der Waals surface area contributed by atoms with Crippen LogP contribution in [-0.4, -0.2) is 40.6 Å². The number of nitrogens with one attached hydrogen (secondary N) is 1. The number of aryl methyl sites for hydroxylation is 1. The highest BCUT2D eigenvalue weighted by Gasteiger charge is 2.25. The van der Waals surface area contributed by atoms with Crippen molar-refractivity contribution < 1.29 is 9.32 Å². The fraction of sp³-hybridized carbons (Fsp3) is 0.769. The molecule has 1 aromatic rings. The molecule has 1 aliphatic heterocycles. The highest BCUT2D eigenvalue weighted by molar-refractivity contribution is 5.78. The highest BCUT2D eigenvalue weighted by atomic mass is 16.5. The summed E-state index contributed by atoms with van der Waals surface area (Å²) < 4.78 is 5.11. The van der Waals surface area contributed by atoms with E-state index in [9.17, 15) is 4.79 Å². The van der Waals surface area contributed by atoms with E-state index in [1.807, 2.05) is 6.92 Å². The number of rotatable bonds is 5. The summed E-state index contributed by atoms with van der Waals surface area (Å²) in [5.74, 6) is 1.69. The predicted octanol–water partition coefficient (Wildman–Crippen LogP) is 1.12. The third kappa shape index (κ3) is 4.02. The van der Waals surface area contributed by atoms with Crippen LogP contribution in [0.25, 0.3) is 0 Å². The van der Waals surface area contributed by atoms with E-state index < -0.39 is 0 Å². The molecular weight excluding hydrogens is 244 g/mol. The zero-order valence-electron chi connectivity index (χ0n) is 11.7. The Labute approximate surface area is 113 Å². The number of amides is 1. The zero-order chi connectivity index (χ0) is 13.7. The van der Waals surface area contributed by atoms with Crippen molar-refractivity contribution in [1.82, 2.24) is 20.4 Å². The summed E-state index contributed by atoms with van der Waals surface area (Å²) in [7, 11) is 0. The van der Waals surface area contributed by atoms with E-state index in [4.69, 9.17) is 4.52 Å². The minimum absolute atomic E-state index is 0.159. The minimum Gasteiger partial charge on any atom is -0.356 e. The van der Waals surface area contributed by atoms with Gasteiger partial charge in [-0.15, -0.1) is 0 Å². The molecule has 0 bridgehead atoms. The molecule has 1 aliphatic rings. The van der Waals surface area contributed by atoms with E-state index in [1.54, 1.807) is 0 Å². The summed E-state index contributed by atoms with van der Waals surface area (Å²) >= 11 is 0. The number of likely N-dealkylation sites (tertiary alicyclic amines) is 1. The summed E-state index contributed by atoms with van der Waals surface area (Å²) in [5.41, 5.74) is 0. The standard InChI is InChI=1S/C13H22N4O2/c1-3-6-14-13(18)11-4-7-17(8-5-11)9-12-15-10(2)16-19-12/h11H,3-9H2,1-2H3,(H,14,18). The molecular formula is C13H22N4O2. The van der Waals surface area contributed by atoms with Crippen LogP contribution in [0.4, 0.5) is 0 Å². The maximum atomic E-state index is 11.9. The third-order valence-corrected chi connectivity index (χ3v) is 3.44. The van der Waals surface area contributed by atoms with Crippen molar-refractivity contribution >= 4 is 5.91 Å². The van der Waals surface area contributed by atoms with Gasteiger partial charge >= 0.3 is 0 Å². The molecule has 6 heteroatoms. The van der Waals surface area contributed by atoms with Crippen molar-refractivity contribution in [1.29, 1.82) is 0 Å². The molecule has 2 rings (SSSR count). The summed E-state index contributed by atoms with van der Waals surface area (Å²) in [6.07, 6.45) is 2.80. The predicted molar refractivity (Wildman–Crippen MR) is 70.3 cm³/mol. The van der Waals surface area contributed by atoms with E-state index in [1.165, 1.54) is 0 Å². The lowest BCUT2D eigenvalue weighted by molar-refractivity contribution is -0.126. The van der Waals surface area contributed by atoms with Crippen LogP contribution in [-0.2, 0) is 11.3 Å². The van der Waals surface area contributed by atoms with Crippen molar-refractivity contribution in [2.45, 2.75) is 39.7 Å². The van der Waals surface area contributed by atoms with Crippen LogP contribution in [0, 0.1) is 12.8 Å². The van der Waals surface area contributed by atoms with E-state index in [0.717, 1.165) is 38.9 Å². The molecule has 1 amide bonds. The first-order valence-electron chi connectivity index (χ1n) is 6.98. The van der Waals surface area contributed by atoms with Gasteiger partial charge in [0.1, 0.15) is 0 Å². The molecule has 0 spiro atoms. The summed E-state index contributed by atoms with van der Waals surface area (Å²) in [5, 5.41) is 6.75. The fourth-order valence-corrected chi connectivity index (χ4v) is 2.34.